The van der Waals surface area contributed by atoms with Gasteiger partial charge in [0.2, 0.25) is 0 Å². The molecule has 1 aromatic rings. The Balaban J connectivity index is 3.03. The van der Waals surface area contributed by atoms with Crippen molar-refractivity contribution in [3.8, 4) is 0 Å². The average molecular weight is 198 g/mol. The van der Waals surface area contributed by atoms with Crippen molar-refractivity contribution in [2.75, 3.05) is 0 Å². The number of hydrogen-bond donors (Lipinski definition) is 0. The van der Waals surface area contributed by atoms with Gasteiger partial charge in [-0.2, -0.15) is 0 Å². The van der Waals surface area contributed by atoms with Crippen molar-refractivity contribution in [2.24, 2.45) is 0 Å². The van der Waals surface area contributed by atoms with Crippen molar-refractivity contribution in [3.63, 3.8) is 0 Å². The molecule has 0 nitrogen and oxygen atoms in total. The molecule has 53 valence electrons. The van der Waals surface area contributed by atoms with Gasteiger partial charge in [0.15, 0.2) is 0 Å². The molecule has 0 fully saturated rings. The maximum atomic E-state index is 3.47. The molecular weight excluding hydrogens is 188 g/mol. The minimum absolute atomic E-state index is 0.551. The number of halogens is 1. The second-order valence-corrected chi connectivity index (χ2v) is 3.44. The van der Waals surface area contributed by atoms with E-state index in [-0.39, 0.29) is 0 Å². The van der Waals surface area contributed by atoms with Crippen molar-refractivity contribution in [1.29, 1.82) is 0 Å². The van der Waals surface area contributed by atoms with Gasteiger partial charge in [0.05, 0.1) is 0 Å². The molecule has 0 saturated carbocycles. The van der Waals surface area contributed by atoms with Crippen LogP contribution in [-0.2, 0) is 0 Å². The van der Waals surface area contributed by atoms with Crippen LogP contribution in [0.5, 0.6) is 0 Å². The molecule has 1 rings (SSSR count). The minimum atomic E-state index is 0.551. The van der Waals surface area contributed by atoms with E-state index in [1.807, 2.05) is 18.2 Å². The lowest BCUT2D eigenvalue weighted by Crippen LogP contribution is -1.87. The molecule has 0 unspecified atom stereocenters. The molecule has 1 aromatic carbocycles. The van der Waals surface area contributed by atoms with E-state index >= 15 is 0 Å². The first-order valence-corrected chi connectivity index (χ1v) is 4.17. The first-order valence-electron chi connectivity index (χ1n) is 3.38. The van der Waals surface area contributed by atoms with Crippen molar-refractivity contribution >= 4 is 15.9 Å². The molecule has 1 radical (unpaired) electrons. The Bertz CT molecular complexity index is 216. The molecule has 0 atom stereocenters. The summed E-state index contributed by atoms with van der Waals surface area (Å²) in [5, 5.41) is 0. The first-order chi connectivity index (χ1) is 4.72. The van der Waals surface area contributed by atoms with E-state index in [1.54, 1.807) is 0 Å². The van der Waals surface area contributed by atoms with Crippen LogP contribution < -0.4 is 0 Å². The van der Waals surface area contributed by atoms with Crippen LogP contribution in [0.25, 0.3) is 0 Å². The quantitative estimate of drug-likeness (QED) is 0.648. The third-order valence-corrected chi connectivity index (χ3v) is 2.10. The SMILES string of the molecule is CC(C)c1[c]cccc1Br. The molecule has 0 amide bonds. The van der Waals surface area contributed by atoms with Gasteiger partial charge in [-0.05, 0) is 23.6 Å². The molecular formula is C9H10Br. The van der Waals surface area contributed by atoms with Crippen LogP contribution in [0.4, 0.5) is 0 Å². The van der Waals surface area contributed by atoms with Gasteiger partial charge in [0.1, 0.15) is 0 Å². The van der Waals surface area contributed by atoms with E-state index in [0.29, 0.717) is 5.92 Å². The van der Waals surface area contributed by atoms with E-state index in [2.05, 4.69) is 35.8 Å². The summed E-state index contributed by atoms with van der Waals surface area (Å²) in [5.74, 6) is 0.551. The van der Waals surface area contributed by atoms with Crippen LogP contribution >= 0.6 is 15.9 Å². The van der Waals surface area contributed by atoms with Crippen molar-refractivity contribution in [2.45, 2.75) is 19.8 Å². The highest BCUT2D eigenvalue weighted by atomic mass is 79.9. The third-order valence-electron chi connectivity index (χ3n) is 1.41. The summed E-state index contributed by atoms with van der Waals surface area (Å²) in [6.45, 7) is 4.33. The highest BCUT2D eigenvalue weighted by Gasteiger charge is 2.01. The van der Waals surface area contributed by atoms with Gasteiger partial charge in [0, 0.05) is 4.47 Å². The van der Waals surface area contributed by atoms with Crippen LogP contribution in [0.3, 0.4) is 0 Å². The van der Waals surface area contributed by atoms with Crippen molar-refractivity contribution in [3.05, 3.63) is 34.3 Å². The number of rotatable bonds is 1. The van der Waals surface area contributed by atoms with E-state index in [1.165, 1.54) is 5.56 Å². The second-order valence-electron chi connectivity index (χ2n) is 2.59. The Morgan fingerprint density at radius 1 is 1.50 bits per heavy atom. The third kappa shape index (κ3) is 1.60. The fourth-order valence-electron chi connectivity index (χ4n) is 0.872. The van der Waals surface area contributed by atoms with Gasteiger partial charge in [-0.1, -0.05) is 41.9 Å². The Kier molecular flexibility index (Phi) is 2.50. The highest BCUT2D eigenvalue weighted by Crippen LogP contribution is 2.22. The molecule has 0 spiro atoms. The lowest BCUT2D eigenvalue weighted by atomic mass is 10.0. The van der Waals surface area contributed by atoms with Gasteiger partial charge in [-0.25, -0.2) is 0 Å². The first kappa shape index (κ1) is 7.80. The average Bonchev–Trinajstić information content (AvgIpc) is 1.88. The monoisotopic (exact) mass is 197 g/mol. The predicted molar refractivity (Wildman–Crippen MR) is 47.1 cm³/mol. The summed E-state index contributed by atoms with van der Waals surface area (Å²) in [7, 11) is 0. The second kappa shape index (κ2) is 3.20. The van der Waals surface area contributed by atoms with Gasteiger partial charge in [0.25, 0.3) is 0 Å². The Morgan fingerprint density at radius 3 is 2.60 bits per heavy atom. The highest BCUT2D eigenvalue weighted by molar-refractivity contribution is 9.10. The van der Waals surface area contributed by atoms with Gasteiger partial charge in [-0.15, -0.1) is 0 Å². The van der Waals surface area contributed by atoms with Crippen LogP contribution in [0.2, 0.25) is 0 Å². The van der Waals surface area contributed by atoms with Crippen molar-refractivity contribution < 1.29 is 0 Å². The van der Waals surface area contributed by atoms with Gasteiger partial charge in [-0.3, -0.25) is 0 Å². The summed E-state index contributed by atoms with van der Waals surface area (Å²) in [5.41, 5.74) is 1.25. The van der Waals surface area contributed by atoms with E-state index < -0.39 is 0 Å². The normalized spacial score (nSPS) is 10.4. The zero-order valence-electron chi connectivity index (χ0n) is 6.19. The fraction of sp³-hybridized carbons (Fsp3) is 0.333. The lowest BCUT2D eigenvalue weighted by Gasteiger charge is -2.05. The van der Waals surface area contributed by atoms with E-state index in [0.717, 1.165) is 4.47 Å². The summed E-state index contributed by atoms with van der Waals surface area (Å²) in [6.07, 6.45) is 0. The van der Waals surface area contributed by atoms with Crippen LogP contribution in [0.1, 0.15) is 25.3 Å². The smallest absolute Gasteiger partial charge is 0.0216 e. The largest absolute Gasteiger partial charge is 0.0605 e. The molecule has 0 aliphatic carbocycles. The number of benzene rings is 1. The van der Waals surface area contributed by atoms with E-state index in [4.69, 9.17) is 0 Å². The maximum absolute atomic E-state index is 3.47. The molecule has 0 saturated heterocycles. The Labute approximate surface area is 70.4 Å². The molecule has 1 heteroatoms. The fourth-order valence-corrected chi connectivity index (χ4v) is 1.60. The molecule has 0 aromatic heterocycles. The predicted octanol–water partition coefficient (Wildman–Crippen LogP) is 3.37. The Hall–Kier alpha value is -0.300. The maximum Gasteiger partial charge on any atom is 0.0216 e. The lowest BCUT2D eigenvalue weighted by molar-refractivity contribution is 0.859. The molecule has 10 heavy (non-hydrogen) atoms. The molecule has 0 N–H and O–H groups in total. The minimum Gasteiger partial charge on any atom is -0.0605 e. The summed E-state index contributed by atoms with van der Waals surface area (Å²) in [4.78, 5) is 0. The standard InChI is InChI=1S/C9H10Br/c1-7(2)8-5-3-4-6-9(8)10/h3-4,6-7H,1-2H3. The zero-order chi connectivity index (χ0) is 7.56. The molecule has 0 aliphatic heterocycles. The summed E-state index contributed by atoms with van der Waals surface area (Å²) < 4.78 is 1.16. The zero-order valence-corrected chi connectivity index (χ0v) is 7.77. The van der Waals surface area contributed by atoms with Crippen LogP contribution in [-0.4, -0.2) is 0 Å². The van der Waals surface area contributed by atoms with Gasteiger partial charge < -0.3 is 0 Å². The van der Waals surface area contributed by atoms with Gasteiger partial charge >= 0.3 is 0 Å². The Morgan fingerprint density at radius 2 is 2.20 bits per heavy atom. The summed E-state index contributed by atoms with van der Waals surface area (Å²) in [6, 6.07) is 9.16. The van der Waals surface area contributed by atoms with E-state index in [9.17, 15) is 0 Å². The summed E-state index contributed by atoms with van der Waals surface area (Å²) >= 11 is 3.47. The number of hydrogen-bond acceptors (Lipinski definition) is 0. The molecule has 0 bridgehead atoms. The molecule has 0 aliphatic rings. The van der Waals surface area contributed by atoms with Crippen LogP contribution in [0, 0.1) is 6.07 Å². The molecule has 0 heterocycles. The topological polar surface area (TPSA) is 0 Å². The van der Waals surface area contributed by atoms with Crippen LogP contribution in [0.15, 0.2) is 22.7 Å². The van der Waals surface area contributed by atoms with Crippen molar-refractivity contribution in [1.82, 2.24) is 0 Å².